The van der Waals surface area contributed by atoms with Gasteiger partial charge in [0.25, 0.3) is 5.91 Å². The van der Waals surface area contributed by atoms with Gasteiger partial charge in [0.1, 0.15) is 5.75 Å². The van der Waals surface area contributed by atoms with E-state index in [0.29, 0.717) is 26.7 Å². The fraction of sp³-hybridized carbons (Fsp3) is 0.222. The molecule has 0 aliphatic carbocycles. The molecule has 138 valence electrons. The van der Waals surface area contributed by atoms with Gasteiger partial charge >= 0.3 is 0 Å². The van der Waals surface area contributed by atoms with E-state index in [1.54, 1.807) is 44.6 Å². The summed E-state index contributed by atoms with van der Waals surface area (Å²) in [5.41, 5.74) is 4.01. The number of methoxy groups -OCH3 is 2. The predicted molar refractivity (Wildman–Crippen MR) is 105 cm³/mol. The summed E-state index contributed by atoms with van der Waals surface area (Å²) in [6, 6.07) is 8.72. The van der Waals surface area contributed by atoms with Crippen LogP contribution in [0.1, 0.15) is 11.1 Å². The maximum atomic E-state index is 11.8. The normalized spacial score (nSPS) is 10.7. The minimum atomic E-state index is -0.381. The fourth-order valence-corrected chi connectivity index (χ4v) is 2.82. The number of halogens is 2. The standard InChI is InChI=1S/C18H18BrClN2O4/c1-11-6-13(4-5-15(11)20)26-10-17(23)22-21-9-12-7-14(19)18(25-3)16(8-12)24-2/h4-9H,10H2,1-3H3,(H,22,23)/b21-9+. The molecule has 0 fully saturated rings. The molecule has 0 aromatic heterocycles. The molecule has 0 atom stereocenters. The van der Waals surface area contributed by atoms with Crippen LogP contribution in [0, 0.1) is 6.92 Å². The van der Waals surface area contributed by atoms with E-state index in [4.69, 9.17) is 25.8 Å². The number of hydrazone groups is 1. The fourth-order valence-electron chi connectivity index (χ4n) is 2.08. The van der Waals surface area contributed by atoms with Gasteiger partial charge in [-0.25, -0.2) is 5.43 Å². The van der Waals surface area contributed by atoms with Crippen LogP contribution in [0.3, 0.4) is 0 Å². The van der Waals surface area contributed by atoms with E-state index in [2.05, 4.69) is 26.5 Å². The highest BCUT2D eigenvalue weighted by Gasteiger charge is 2.09. The first-order valence-electron chi connectivity index (χ1n) is 7.57. The maximum absolute atomic E-state index is 11.8. The number of nitrogens with one attached hydrogen (secondary N) is 1. The molecule has 0 saturated carbocycles. The lowest BCUT2D eigenvalue weighted by atomic mass is 10.2. The van der Waals surface area contributed by atoms with Crippen LogP contribution in [0.5, 0.6) is 17.2 Å². The van der Waals surface area contributed by atoms with E-state index in [9.17, 15) is 4.79 Å². The van der Waals surface area contributed by atoms with Crippen molar-refractivity contribution in [2.24, 2.45) is 5.10 Å². The Hall–Kier alpha value is -2.25. The van der Waals surface area contributed by atoms with Gasteiger partial charge < -0.3 is 14.2 Å². The Kier molecular flexibility index (Phi) is 7.29. The third kappa shape index (κ3) is 5.37. The predicted octanol–water partition coefficient (Wildman–Crippen LogP) is 3.96. The van der Waals surface area contributed by atoms with Crippen LogP contribution in [0.15, 0.2) is 39.9 Å². The lowest BCUT2D eigenvalue weighted by Gasteiger charge is -2.10. The number of carbonyl (C=O) groups excluding carboxylic acids is 1. The smallest absolute Gasteiger partial charge is 0.277 e. The Morgan fingerprint density at radius 3 is 2.69 bits per heavy atom. The number of hydrogen-bond acceptors (Lipinski definition) is 5. The van der Waals surface area contributed by atoms with Gasteiger partial charge in [0, 0.05) is 5.02 Å². The van der Waals surface area contributed by atoms with E-state index in [1.807, 2.05) is 6.92 Å². The highest BCUT2D eigenvalue weighted by molar-refractivity contribution is 9.10. The minimum Gasteiger partial charge on any atom is -0.493 e. The molecule has 2 aromatic carbocycles. The highest BCUT2D eigenvalue weighted by atomic mass is 79.9. The summed E-state index contributed by atoms with van der Waals surface area (Å²) in [7, 11) is 3.10. The molecule has 0 unspecified atom stereocenters. The molecule has 2 aromatic rings. The zero-order valence-corrected chi connectivity index (χ0v) is 16.8. The molecule has 6 nitrogen and oxygen atoms in total. The van der Waals surface area contributed by atoms with Crippen molar-refractivity contribution < 1.29 is 19.0 Å². The largest absolute Gasteiger partial charge is 0.493 e. The van der Waals surface area contributed by atoms with Gasteiger partial charge in [-0.1, -0.05) is 11.6 Å². The number of carbonyl (C=O) groups is 1. The summed E-state index contributed by atoms with van der Waals surface area (Å²) >= 11 is 9.35. The average molecular weight is 442 g/mol. The lowest BCUT2D eigenvalue weighted by molar-refractivity contribution is -0.123. The summed E-state index contributed by atoms with van der Waals surface area (Å²) in [4.78, 5) is 11.8. The molecule has 0 bridgehead atoms. The van der Waals surface area contributed by atoms with Gasteiger partial charge in [-0.05, 0) is 64.3 Å². The molecule has 0 saturated heterocycles. The van der Waals surface area contributed by atoms with Crippen LogP contribution in [0.25, 0.3) is 0 Å². The Morgan fingerprint density at radius 1 is 1.27 bits per heavy atom. The Balaban J connectivity index is 1.92. The van der Waals surface area contributed by atoms with Crippen molar-refractivity contribution in [3.63, 3.8) is 0 Å². The lowest BCUT2D eigenvalue weighted by Crippen LogP contribution is -2.24. The van der Waals surface area contributed by atoms with Crippen molar-refractivity contribution in [3.8, 4) is 17.2 Å². The molecule has 26 heavy (non-hydrogen) atoms. The number of ether oxygens (including phenoxy) is 3. The molecule has 1 N–H and O–H groups in total. The molecule has 0 aliphatic rings. The summed E-state index contributed by atoms with van der Waals surface area (Å²) in [6.45, 7) is 1.70. The Morgan fingerprint density at radius 2 is 2.04 bits per heavy atom. The quantitative estimate of drug-likeness (QED) is 0.522. The van der Waals surface area contributed by atoms with Gasteiger partial charge in [-0.2, -0.15) is 5.10 Å². The number of rotatable bonds is 7. The second kappa shape index (κ2) is 9.45. The van der Waals surface area contributed by atoms with E-state index in [1.165, 1.54) is 6.21 Å². The molecular formula is C18H18BrClN2O4. The molecule has 0 heterocycles. The van der Waals surface area contributed by atoms with Gasteiger partial charge in [0.05, 0.1) is 24.9 Å². The monoisotopic (exact) mass is 440 g/mol. The van der Waals surface area contributed by atoms with Crippen LogP contribution in [-0.4, -0.2) is 32.9 Å². The number of hydrogen-bond donors (Lipinski definition) is 1. The van der Waals surface area contributed by atoms with Crippen molar-refractivity contribution in [1.82, 2.24) is 5.43 Å². The summed E-state index contributed by atoms with van der Waals surface area (Å²) in [6.07, 6.45) is 1.50. The summed E-state index contributed by atoms with van der Waals surface area (Å²) < 4.78 is 16.6. The van der Waals surface area contributed by atoms with Crippen LogP contribution < -0.4 is 19.6 Å². The van der Waals surface area contributed by atoms with Gasteiger partial charge in [-0.15, -0.1) is 0 Å². The molecule has 0 radical (unpaired) electrons. The first-order valence-corrected chi connectivity index (χ1v) is 8.74. The van der Waals surface area contributed by atoms with Crippen molar-refractivity contribution >= 4 is 39.7 Å². The highest BCUT2D eigenvalue weighted by Crippen LogP contribution is 2.35. The van der Waals surface area contributed by atoms with Crippen molar-refractivity contribution in [2.75, 3.05) is 20.8 Å². The maximum Gasteiger partial charge on any atom is 0.277 e. The molecule has 0 spiro atoms. The third-order valence-corrected chi connectivity index (χ3v) is 4.37. The third-order valence-electron chi connectivity index (χ3n) is 3.36. The number of benzene rings is 2. The number of aryl methyl sites for hydroxylation is 1. The van der Waals surface area contributed by atoms with Crippen molar-refractivity contribution in [2.45, 2.75) is 6.92 Å². The molecule has 0 aliphatic heterocycles. The van der Waals surface area contributed by atoms with Gasteiger partial charge in [-0.3, -0.25) is 4.79 Å². The van der Waals surface area contributed by atoms with E-state index >= 15 is 0 Å². The van der Waals surface area contributed by atoms with Gasteiger partial charge in [0.2, 0.25) is 0 Å². The van der Waals surface area contributed by atoms with Crippen LogP contribution in [0.4, 0.5) is 0 Å². The zero-order valence-electron chi connectivity index (χ0n) is 14.5. The average Bonchev–Trinajstić information content (AvgIpc) is 2.62. The van der Waals surface area contributed by atoms with Crippen molar-refractivity contribution in [3.05, 3.63) is 51.0 Å². The second-order valence-corrected chi connectivity index (χ2v) is 6.49. The zero-order chi connectivity index (χ0) is 19.1. The first kappa shape index (κ1) is 20.1. The summed E-state index contributed by atoms with van der Waals surface area (Å²) in [5.74, 6) is 1.32. The second-order valence-electron chi connectivity index (χ2n) is 5.23. The molecule has 1 amide bonds. The topological polar surface area (TPSA) is 69.2 Å². The van der Waals surface area contributed by atoms with Crippen molar-refractivity contribution in [1.29, 1.82) is 0 Å². The Labute approximate surface area is 165 Å². The van der Waals surface area contributed by atoms with Crippen LogP contribution >= 0.6 is 27.5 Å². The summed E-state index contributed by atoms with van der Waals surface area (Å²) in [5, 5.41) is 4.56. The molecular weight excluding hydrogens is 424 g/mol. The molecule has 2 rings (SSSR count). The van der Waals surface area contributed by atoms with E-state index in [0.717, 1.165) is 11.1 Å². The van der Waals surface area contributed by atoms with Crippen LogP contribution in [-0.2, 0) is 4.79 Å². The first-order chi connectivity index (χ1) is 12.4. The van der Waals surface area contributed by atoms with Gasteiger partial charge in [0.15, 0.2) is 18.1 Å². The van der Waals surface area contributed by atoms with Crippen LogP contribution in [0.2, 0.25) is 5.02 Å². The Bertz CT molecular complexity index is 827. The molecule has 8 heteroatoms. The van der Waals surface area contributed by atoms with E-state index < -0.39 is 0 Å². The number of nitrogens with zero attached hydrogens (tertiary/aromatic N) is 1. The SMILES string of the molecule is COc1cc(/C=N/NC(=O)COc2ccc(Cl)c(C)c2)cc(Br)c1OC. The minimum absolute atomic E-state index is 0.159. The van der Waals surface area contributed by atoms with E-state index in [-0.39, 0.29) is 12.5 Å². The number of amides is 1.